The molecule has 0 saturated heterocycles. The van der Waals surface area contributed by atoms with Gasteiger partial charge in [0.2, 0.25) is 5.95 Å². The molecule has 0 saturated carbocycles. The highest BCUT2D eigenvalue weighted by Crippen LogP contribution is 2.24. The van der Waals surface area contributed by atoms with Gasteiger partial charge in [0.05, 0.1) is 19.0 Å². The van der Waals surface area contributed by atoms with Crippen molar-refractivity contribution in [1.82, 2.24) is 19.5 Å². The van der Waals surface area contributed by atoms with E-state index in [0.717, 1.165) is 30.5 Å². The van der Waals surface area contributed by atoms with Crippen molar-refractivity contribution >= 4 is 22.9 Å². The zero-order valence-corrected chi connectivity index (χ0v) is 17.2. The first-order chi connectivity index (χ1) is 14.0. The van der Waals surface area contributed by atoms with Crippen LogP contribution in [0, 0.1) is 5.82 Å². The molecule has 0 fully saturated rings. The van der Waals surface area contributed by atoms with Crippen molar-refractivity contribution in [1.29, 1.82) is 0 Å². The van der Waals surface area contributed by atoms with E-state index in [9.17, 15) is 9.50 Å². The number of aryl methyl sites for hydroxylation is 1. The van der Waals surface area contributed by atoms with E-state index < -0.39 is 0 Å². The first kappa shape index (κ1) is 21.0. The molecule has 1 atom stereocenters. The van der Waals surface area contributed by atoms with E-state index in [1.165, 1.54) is 6.07 Å². The Balaban J connectivity index is 1.77. The SMILES string of the molecule is CC[C@H](CO)Nc1nc(NCCCc2cccc(F)c2)c2ncn(C(C)C)c2n1. The predicted molar refractivity (Wildman–Crippen MR) is 114 cm³/mol. The van der Waals surface area contributed by atoms with Crippen molar-refractivity contribution in [2.24, 2.45) is 0 Å². The molecule has 0 amide bonds. The van der Waals surface area contributed by atoms with Crippen LogP contribution in [0.5, 0.6) is 0 Å². The molecule has 0 unspecified atom stereocenters. The number of aromatic nitrogens is 4. The van der Waals surface area contributed by atoms with Gasteiger partial charge < -0.3 is 20.3 Å². The van der Waals surface area contributed by atoms with E-state index in [2.05, 4.69) is 39.4 Å². The van der Waals surface area contributed by atoms with E-state index in [1.54, 1.807) is 18.5 Å². The quantitative estimate of drug-likeness (QED) is 0.449. The van der Waals surface area contributed by atoms with E-state index in [0.29, 0.717) is 23.8 Å². The second-order valence-corrected chi connectivity index (χ2v) is 7.41. The Morgan fingerprint density at radius 2 is 2.07 bits per heavy atom. The molecule has 1 aromatic carbocycles. The number of fused-ring (bicyclic) bond motifs is 1. The van der Waals surface area contributed by atoms with Gasteiger partial charge in [0.1, 0.15) is 5.82 Å². The molecule has 0 spiro atoms. The van der Waals surface area contributed by atoms with Gasteiger partial charge in [-0.2, -0.15) is 9.97 Å². The molecule has 156 valence electrons. The van der Waals surface area contributed by atoms with Crippen molar-refractivity contribution in [2.75, 3.05) is 23.8 Å². The van der Waals surface area contributed by atoms with Crippen LogP contribution in [0.1, 0.15) is 45.2 Å². The summed E-state index contributed by atoms with van der Waals surface area (Å²) in [7, 11) is 0. The summed E-state index contributed by atoms with van der Waals surface area (Å²) in [5.74, 6) is 0.912. The number of nitrogens with one attached hydrogen (secondary N) is 2. The third kappa shape index (κ3) is 5.20. The minimum absolute atomic E-state index is 0.0116. The fourth-order valence-corrected chi connectivity index (χ4v) is 3.13. The van der Waals surface area contributed by atoms with Crippen LogP contribution in [0.15, 0.2) is 30.6 Å². The van der Waals surface area contributed by atoms with Gasteiger partial charge >= 0.3 is 0 Å². The third-order valence-corrected chi connectivity index (χ3v) is 4.85. The molecule has 3 rings (SSSR count). The molecule has 0 aliphatic heterocycles. The highest BCUT2D eigenvalue weighted by atomic mass is 19.1. The monoisotopic (exact) mass is 400 g/mol. The number of hydrogen-bond donors (Lipinski definition) is 3. The van der Waals surface area contributed by atoms with Crippen molar-refractivity contribution < 1.29 is 9.50 Å². The number of halogens is 1. The van der Waals surface area contributed by atoms with Crippen molar-refractivity contribution in [2.45, 2.75) is 52.1 Å². The number of aliphatic hydroxyl groups is 1. The minimum atomic E-state index is -0.211. The molecule has 3 N–H and O–H groups in total. The van der Waals surface area contributed by atoms with Crippen LogP contribution in [-0.4, -0.2) is 43.8 Å². The summed E-state index contributed by atoms with van der Waals surface area (Å²) in [6.45, 7) is 6.83. The highest BCUT2D eigenvalue weighted by Gasteiger charge is 2.16. The number of nitrogens with zero attached hydrogens (tertiary/aromatic N) is 4. The number of hydrogen-bond acceptors (Lipinski definition) is 6. The number of aliphatic hydroxyl groups excluding tert-OH is 1. The van der Waals surface area contributed by atoms with Gasteiger partial charge in [-0.1, -0.05) is 19.1 Å². The lowest BCUT2D eigenvalue weighted by Crippen LogP contribution is -2.24. The maximum Gasteiger partial charge on any atom is 0.227 e. The van der Waals surface area contributed by atoms with Gasteiger partial charge in [0.15, 0.2) is 17.0 Å². The maximum atomic E-state index is 13.3. The second-order valence-electron chi connectivity index (χ2n) is 7.41. The molecule has 0 bridgehead atoms. The van der Waals surface area contributed by atoms with Crippen molar-refractivity contribution in [3.63, 3.8) is 0 Å². The van der Waals surface area contributed by atoms with Gasteiger partial charge in [-0.05, 0) is 50.8 Å². The second kappa shape index (κ2) is 9.65. The van der Waals surface area contributed by atoms with E-state index in [-0.39, 0.29) is 24.5 Å². The van der Waals surface area contributed by atoms with Crippen molar-refractivity contribution in [3.05, 3.63) is 42.0 Å². The summed E-state index contributed by atoms with van der Waals surface area (Å²) >= 11 is 0. The molecule has 8 heteroatoms. The summed E-state index contributed by atoms with van der Waals surface area (Å²) in [5.41, 5.74) is 2.43. The normalized spacial score (nSPS) is 12.5. The Labute approximate surface area is 170 Å². The summed E-state index contributed by atoms with van der Waals surface area (Å²) in [5, 5.41) is 16.0. The molecular formula is C21H29FN6O. The Bertz CT molecular complexity index is 938. The molecule has 0 aliphatic carbocycles. The van der Waals surface area contributed by atoms with Gasteiger partial charge in [0.25, 0.3) is 0 Å². The zero-order chi connectivity index (χ0) is 20.8. The summed E-state index contributed by atoms with van der Waals surface area (Å²) < 4.78 is 15.3. The Hall–Kier alpha value is -2.74. The zero-order valence-electron chi connectivity index (χ0n) is 17.2. The number of anilines is 2. The summed E-state index contributed by atoms with van der Waals surface area (Å²) in [6, 6.07) is 6.78. The Kier molecular flexibility index (Phi) is 6.98. The topological polar surface area (TPSA) is 87.9 Å². The minimum Gasteiger partial charge on any atom is -0.394 e. The standard InChI is InChI=1S/C21H29FN6O/c1-4-17(12-29)25-21-26-19(18-20(27-21)28(13-24-18)14(2)3)23-10-6-8-15-7-5-9-16(22)11-15/h5,7,9,11,13-14,17,29H,4,6,8,10,12H2,1-3H3,(H2,23,25,26,27)/t17-/m1/s1. The van der Waals surface area contributed by atoms with Gasteiger partial charge in [0, 0.05) is 12.6 Å². The van der Waals surface area contributed by atoms with Crippen LogP contribution in [0.3, 0.4) is 0 Å². The van der Waals surface area contributed by atoms with E-state index >= 15 is 0 Å². The summed E-state index contributed by atoms with van der Waals surface area (Å²) in [6.07, 6.45) is 4.14. The van der Waals surface area contributed by atoms with Crippen LogP contribution in [0.25, 0.3) is 11.2 Å². The van der Waals surface area contributed by atoms with Gasteiger partial charge in [-0.15, -0.1) is 0 Å². The lowest BCUT2D eigenvalue weighted by molar-refractivity contribution is 0.271. The Morgan fingerprint density at radius 3 is 2.76 bits per heavy atom. The average Bonchev–Trinajstić information content (AvgIpc) is 3.13. The van der Waals surface area contributed by atoms with Crippen LogP contribution in [0.2, 0.25) is 0 Å². The van der Waals surface area contributed by atoms with E-state index in [4.69, 9.17) is 0 Å². The predicted octanol–water partition coefficient (Wildman–Crippen LogP) is 3.77. The van der Waals surface area contributed by atoms with Gasteiger partial charge in [-0.3, -0.25) is 0 Å². The molecule has 29 heavy (non-hydrogen) atoms. The molecule has 2 heterocycles. The Morgan fingerprint density at radius 1 is 1.24 bits per heavy atom. The number of benzene rings is 1. The summed E-state index contributed by atoms with van der Waals surface area (Å²) in [4.78, 5) is 13.7. The van der Waals surface area contributed by atoms with Crippen LogP contribution >= 0.6 is 0 Å². The molecule has 2 aromatic heterocycles. The van der Waals surface area contributed by atoms with Crippen LogP contribution in [-0.2, 0) is 6.42 Å². The largest absolute Gasteiger partial charge is 0.394 e. The average molecular weight is 401 g/mol. The van der Waals surface area contributed by atoms with Crippen LogP contribution in [0.4, 0.5) is 16.2 Å². The maximum absolute atomic E-state index is 13.3. The van der Waals surface area contributed by atoms with E-state index in [1.807, 2.05) is 17.6 Å². The number of imidazole rings is 1. The first-order valence-electron chi connectivity index (χ1n) is 10.1. The van der Waals surface area contributed by atoms with Crippen LogP contribution < -0.4 is 10.6 Å². The van der Waals surface area contributed by atoms with Gasteiger partial charge in [-0.25, -0.2) is 9.37 Å². The molecule has 7 nitrogen and oxygen atoms in total. The lowest BCUT2D eigenvalue weighted by Gasteiger charge is -2.16. The first-order valence-corrected chi connectivity index (χ1v) is 10.1. The smallest absolute Gasteiger partial charge is 0.227 e. The number of rotatable bonds is 10. The lowest BCUT2D eigenvalue weighted by atomic mass is 10.1. The fraction of sp³-hybridized carbons (Fsp3) is 0.476. The molecule has 0 aliphatic rings. The third-order valence-electron chi connectivity index (χ3n) is 4.85. The highest BCUT2D eigenvalue weighted by molar-refractivity contribution is 5.84. The van der Waals surface area contributed by atoms with Crippen molar-refractivity contribution in [3.8, 4) is 0 Å². The fourth-order valence-electron chi connectivity index (χ4n) is 3.13. The molecule has 0 radical (unpaired) electrons. The molecule has 3 aromatic rings. The molecular weight excluding hydrogens is 371 g/mol.